The molecule has 1 fully saturated rings. The molecule has 1 aromatic rings. The first-order valence-corrected chi connectivity index (χ1v) is 7.87. The van der Waals surface area contributed by atoms with Crippen molar-refractivity contribution in [2.45, 2.75) is 30.6 Å². The van der Waals surface area contributed by atoms with Crippen LogP contribution in [0.25, 0.3) is 0 Å². The Kier molecular flexibility index (Phi) is 4.24. The van der Waals surface area contributed by atoms with E-state index >= 15 is 0 Å². The van der Waals surface area contributed by atoms with Crippen molar-refractivity contribution in [1.82, 2.24) is 4.72 Å². The van der Waals surface area contributed by atoms with E-state index in [1.807, 2.05) is 0 Å². The van der Waals surface area contributed by atoms with E-state index in [0.717, 1.165) is 24.4 Å². The van der Waals surface area contributed by atoms with E-state index in [9.17, 15) is 8.42 Å². The van der Waals surface area contributed by atoms with Crippen LogP contribution in [-0.4, -0.2) is 22.0 Å². The Hall–Kier alpha value is -1.07. The molecule has 18 heavy (non-hydrogen) atoms. The molecule has 0 bridgehead atoms. The summed E-state index contributed by atoms with van der Waals surface area (Å²) in [6.45, 7) is 0.534. The van der Waals surface area contributed by atoms with Gasteiger partial charge in [0.15, 0.2) is 0 Å². The molecule has 1 aliphatic carbocycles. The Balaban J connectivity index is 1.87. The van der Waals surface area contributed by atoms with Crippen LogP contribution in [0, 0.1) is 5.92 Å². The minimum absolute atomic E-state index is 0.327. The minimum atomic E-state index is -3.34. The Morgan fingerprint density at radius 1 is 1.22 bits per heavy atom. The summed E-state index contributed by atoms with van der Waals surface area (Å²) in [4.78, 5) is 0.327. The maximum atomic E-state index is 12.0. The SMILES string of the molecule is CNc1ccc(S(=O)(=O)NCCCC2CC2)cc1. The van der Waals surface area contributed by atoms with Gasteiger partial charge in [-0.25, -0.2) is 13.1 Å². The summed E-state index contributed by atoms with van der Waals surface area (Å²) in [6, 6.07) is 6.77. The second-order valence-corrected chi connectivity index (χ2v) is 6.52. The Morgan fingerprint density at radius 3 is 2.44 bits per heavy atom. The van der Waals surface area contributed by atoms with Gasteiger partial charge in [-0.2, -0.15) is 0 Å². The molecule has 4 nitrogen and oxygen atoms in total. The van der Waals surface area contributed by atoms with Crippen LogP contribution in [0.1, 0.15) is 25.7 Å². The Morgan fingerprint density at radius 2 is 1.89 bits per heavy atom. The van der Waals surface area contributed by atoms with Gasteiger partial charge in [0, 0.05) is 19.3 Å². The van der Waals surface area contributed by atoms with Crippen molar-refractivity contribution < 1.29 is 8.42 Å². The molecule has 0 aliphatic heterocycles. The predicted molar refractivity (Wildman–Crippen MR) is 73.1 cm³/mol. The standard InChI is InChI=1S/C13H20N2O2S/c1-14-12-6-8-13(9-7-12)18(16,17)15-10-2-3-11-4-5-11/h6-9,11,14-15H,2-5,10H2,1H3. The fourth-order valence-corrected chi connectivity index (χ4v) is 2.96. The number of hydrogen-bond acceptors (Lipinski definition) is 3. The number of hydrogen-bond donors (Lipinski definition) is 2. The zero-order valence-corrected chi connectivity index (χ0v) is 11.5. The molecule has 0 radical (unpaired) electrons. The van der Waals surface area contributed by atoms with E-state index in [-0.39, 0.29) is 0 Å². The van der Waals surface area contributed by atoms with E-state index < -0.39 is 10.0 Å². The zero-order valence-electron chi connectivity index (χ0n) is 10.6. The molecule has 2 N–H and O–H groups in total. The molecule has 0 unspecified atom stereocenters. The highest BCUT2D eigenvalue weighted by Crippen LogP contribution is 2.33. The van der Waals surface area contributed by atoms with E-state index in [0.29, 0.717) is 11.4 Å². The van der Waals surface area contributed by atoms with Crippen molar-refractivity contribution in [1.29, 1.82) is 0 Å². The van der Waals surface area contributed by atoms with Crippen LogP contribution in [0.5, 0.6) is 0 Å². The van der Waals surface area contributed by atoms with Gasteiger partial charge in [-0.3, -0.25) is 0 Å². The van der Waals surface area contributed by atoms with Crippen LogP contribution >= 0.6 is 0 Å². The molecule has 1 aliphatic rings. The average molecular weight is 268 g/mol. The van der Waals surface area contributed by atoms with Crippen LogP contribution in [0.3, 0.4) is 0 Å². The molecule has 0 spiro atoms. The van der Waals surface area contributed by atoms with E-state index in [1.165, 1.54) is 12.8 Å². The molecule has 0 amide bonds. The molecular weight excluding hydrogens is 248 g/mol. The first kappa shape index (κ1) is 13.4. The molecule has 0 saturated heterocycles. The minimum Gasteiger partial charge on any atom is -0.388 e. The van der Waals surface area contributed by atoms with Gasteiger partial charge < -0.3 is 5.32 Å². The van der Waals surface area contributed by atoms with Crippen LogP contribution in [0.15, 0.2) is 29.2 Å². The van der Waals surface area contributed by atoms with Crippen LogP contribution < -0.4 is 10.0 Å². The van der Waals surface area contributed by atoms with Crippen molar-refractivity contribution >= 4 is 15.7 Å². The van der Waals surface area contributed by atoms with Gasteiger partial charge in [-0.05, 0) is 43.0 Å². The third kappa shape index (κ3) is 3.71. The molecular formula is C13H20N2O2S. The summed E-state index contributed by atoms with van der Waals surface area (Å²) in [5.74, 6) is 0.851. The Labute approximate surface area is 109 Å². The number of benzene rings is 1. The number of anilines is 1. The van der Waals surface area contributed by atoms with Gasteiger partial charge in [0.1, 0.15) is 0 Å². The fourth-order valence-electron chi connectivity index (χ4n) is 1.89. The summed E-state index contributed by atoms with van der Waals surface area (Å²) >= 11 is 0. The van der Waals surface area contributed by atoms with Gasteiger partial charge in [-0.1, -0.05) is 12.8 Å². The molecule has 0 atom stereocenters. The first-order chi connectivity index (χ1) is 8.62. The van der Waals surface area contributed by atoms with Crippen LogP contribution in [0.4, 0.5) is 5.69 Å². The monoisotopic (exact) mass is 268 g/mol. The predicted octanol–water partition coefficient (Wildman–Crippen LogP) is 2.20. The third-order valence-corrected chi connectivity index (χ3v) is 4.71. The van der Waals surface area contributed by atoms with Gasteiger partial charge >= 0.3 is 0 Å². The van der Waals surface area contributed by atoms with Crippen LogP contribution in [-0.2, 0) is 10.0 Å². The van der Waals surface area contributed by atoms with Crippen molar-refractivity contribution in [3.63, 3.8) is 0 Å². The van der Waals surface area contributed by atoms with Gasteiger partial charge in [0.25, 0.3) is 0 Å². The number of nitrogens with one attached hydrogen (secondary N) is 2. The van der Waals surface area contributed by atoms with Gasteiger partial charge in [-0.15, -0.1) is 0 Å². The lowest BCUT2D eigenvalue weighted by Gasteiger charge is -2.07. The van der Waals surface area contributed by atoms with Crippen LogP contribution in [0.2, 0.25) is 0 Å². The normalized spacial score (nSPS) is 15.6. The number of sulfonamides is 1. The molecule has 5 heteroatoms. The molecule has 0 aromatic heterocycles. The van der Waals surface area contributed by atoms with Crippen molar-refractivity contribution in [2.75, 3.05) is 18.9 Å². The van der Waals surface area contributed by atoms with Crippen molar-refractivity contribution in [3.05, 3.63) is 24.3 Å². The highest BCUT2D eigenvalue weighted by Gasteiger charge is 2.20. The lowest BCUT2D eigenvalue weighted by atomic mass is 10.2. The topological polar surface area (TPSA) is 58.2 Å². The largest absolute Gasteiger partial charge is 0.388 e. The number of rotatable bonds is 7. The lowest BCUT2D eigenvalue weighted by Crippen LogP contribution is -2.24. The maximum absolute atomic E-state index is 12.0. The second kappa shape index (κ2) is 5.71. The fraction of sp³-hybridized carbons (Fsp3) is 0.538. The molecule has 1 aromatic carbocycles. The lowest BCUT2D eigenvalue weighted by molar-refractivity contribution is 0.572. The third-order valence-electron chi connectivity index (χ3n) is 3.23. The zero-order chi connectivity index (χ0) is 13.0. The molecule has 1 saturated carbocycles. The smallest absolute Gasteiger partial charge is 0.240 e. The van der Waals surface area contributed by atoms with Crippen molar-refractivity contribution in [3.8, 4) is 0 Å². The molecule has 2 rings (SSSR count). The Bertz CT molecular complexity index is 478. The van der Waals surface area contributed by atoms with Gasteiger partial charge in [0.05, 0.1) is 4.90 Å². The summed E-state index contributed by atoms with van der Waals surface area (Å²) in [5.41, 5.74) is 0.905. The second-order valence-electron chi connectivity index (χ2n) is 4.76. The van der Waals surface area contributed by atoms with E-state index in [4.69, 9.17) is 0 Å². The highest BCUT2D eigenvalue weighted by molar-refractivity contribution is 7.89. The summed E-state index contributed by atoms with van der Waals surface area (Å²) in [6.07, 6.45) is 4.70. The molecule has 0 heterocycles. The first-order valence-electron chi connectivity index (χ1n) is 6.39. The average Bonchev–Trinajstić information content (AvgIpc) is 3.19. The van der Waals surface area contributed by atoms with Gasteiger partial charge in [0.2, 0.25) is 10.0 Å². The van der Waals surface area contributed by atoms with Crippen molar-refractivity contribution in [2.24, 2.45) is 5.92 Å². The maximum Gasteiger partial charge on any atom is 0.240 e. The summed E-state index contributed by atoms with van der Waals surface area (Å²) in [5, 5.41) is 2.96. The van der Waals surface area contributed by atoms with E-state index in [2.05, 4.69) is 10.0 Å². The highest BCUT2D eigenvalue weighted by atomic mass is 32.2. The van der Waals surface area contributed by atoms with E-state index in [1.54, 1.807) is 31.3 Å². The molecule has 100 valence electrons. The summed E-state index contributed by atoms with van der Waals surface area (Å²) in [7, 11) is -1.54. The summed E-state index contributed by atoms with van der Waals surface area (Å²) < 4.78 is 26.6. The quantitative estimate of drug-likeness (QED) is 0.745.